The highest BCUT2D eigenvalue weighted by molar-refractivity contribution is 5.97. The number of aryl methyl sites for hydroxylation is 1. The minimum atomic E-state index is -0.466. The summed E-state index contributed by atoms with van der Waals surface area (Å²) >= 11 is 0. The Morgan fingerprint density at radius 2 is 2.11 bits per heavy atom. The van der Waals surface area contributed by atoms with E-state index in [4.69, 9.17) is 11.3 Å². The van der Waals surface area contributed by atoms with E-state index in [-0.39, 0.29) is 6.42 Å². The highest BCUT2D eigenvalue weighted by atomic mass is 16.1. The third-order valence-corrected chi connectivity index (χ3v) is 3.11. The van der Waals surface area contributed by atoms with Gasteiger partial charge in [0.1, 0.15) is 6.42 Å². The summed E-state index contributed by atoms with van der Waals surface area (Å²) in [5.41, 5.74) is 16.9. The van der Waals surface area contributed by atoms with Crippen LogP contribution in [0, 0.1) is 6.92 Å². The summed E-state index contributed by atoms with van der Waals surface area (Å²) in [6, 6.07) is 8.21. The van der Waals surface area contributed by atoms with Crippen LogP contribution >= 0.6 is 0 Å². The molecule has 1 unspecified atom stereocenters. The van der Waals surface area contributed by atoms with Crippen molar-refractivity contribution in [3.63, 3.8) is 0 Å². The standard InChI is InChI=1S/C14H19N3O/c1-10-5-3-4-6-13(10)11(2)7-8-12(17-16)9-14(15)18/h3-6,11H,7-9H2,1-2H3,(H2,15,18). The summed E-state index contributed by atoms with van der Waals surface area (Å²) in [4.78, 5) is 13.9. The van der Waals surface area contributed by atoms with Gasteiger partial charge in [0.25, 0.3) is 5.71 Å². The smallest absolute Gasteiger partial charge is 0.278 e. The van der Waals surface area contributed by atoms with Crippen molar-refractivity contribution in [3.05, 3.63) is 40.9 Å². The Morgan fingerprint density at radius 1 is 1.44 bits per heavy atom. The lowest BCUT2D eigenvalue weighted by Crippen LogP contribution is -2.17. The third-order valence-electron chi connectivity index (χ3n) is 3.11. The van der Waals surface area contributed by atoms with Crippen LogP contribution in [0.2, 0.25) is 0 Å². The summed E-state index contributed by atoms with van der Waals surface area (Å²) in [6.07, 6.45) is 1.43. The molecule has 0 fully saturated rings. The molecule has 1 atom stereocenters. The van der Waals surface area contributed by atoms with Crippen LogP contribution in [0.25, 0.3) is 5.53 Å². The van der Waals surface area contributed by atoms with E-state index in [0.29, 0.717) is 18.1 Å². The molecule has 0 aliphatic heterocycles. The minimum Gasteiger partial charge on any atom is -0.369 e. The molecule has 0 saturated carbocycles. The van der Waals surface area contributed by atoms with Gasteiger partial charge in [0.05, 0.1) is 0 Å². The molecule has 1 aromatic carbocycles. The Bertz CT molecular complexity index is 476. The topological polar surface area (TPSA) is 79.5 Å². The molecule has 0 radical (unpaired) electrons. The molecular formula is C14H19N3O. The first-order chi connectivity index (χ1) is 8.54. The Labute approximate surface area is 107 Å². The highest BCUT2D eigenvalue weighted by Crippen LogP contribution is 2.23. The zero-order chi connectivity index (χ0) is 13.5. The molecule has 0 heterocycles. The lowest BCUT2D eigenvalue weighted by atomic mass is 9.91. The number of hydrogen-bond donors (Lipinski definition) is 1. The number of primary amides is 1. The van der Waals surface area contributed by atoms with E-state index in [9.17, 15) is 4.79 Å². The number of benzene rings is 1. The molecule has 1 aromatic rings. The van der Waals surface area contributed by atoms with Gasteiger partial charge in [-0.15, -0.1) is 0 Å². The van der Waals surface area contributed by atoms with Crippen molar-refractivity contribution in [3.8, 4) is 0 Å². The molecule has 4 heteroatoms. The fourth-order valence-corrected chi connectivity index (χ4v) is 2.05. The average molecular weight is 245 g/mol. The van der Waals surface area contributed by atoms with Crippen molar-refractivity contribution in [1.82, 2.24) is 0 Å². The number of nitrogens with two attached hydrogens (primary N) is 1. The first-order valence-corrected chi connectivity index (χ1v) is 6.08. The number of hydrogen-bond acceptors (Lipinski definition) is 1. The number of carbonyl (C=O) groups is 1. The van der Waals surface area contributed by atoms with Crippen molar-refractivity contribution in [2.24, 2.45) is 5.73 Å². The molecule has 18 heavy (non-hydrogen) atoms. The Balaban J connectivity index is 2.61. The second-order valence-electron chi connectivity index (χ2n) is 4.61. The Morgan fingerprint density at radius 3 is 2.67 bits per heavy atom. The van der Waals surface area contributed by atoms with Crippen molar-refractivity contribution in [2.75, 3.05) is 0 Å². The van der Waals surface area contributed by atoms with E-state index in [0.717, 1.165) is 6.42 Å². The molecule has 1 rings (SSSR count). The van der Waals surface area contributed by atoms with Crippen LogP contribution in [-0.4, -0.2) is 16.4 Å². The van der Waals surface area contributed by atoms with Crippen LogP contribution in [0.4, 0.5) is 0 Å². The fraction of sp³-hybridized carbons (Fsp3) is 0.429. The highest BCUT2D eigenvalue weighted by Gasteiger charge is 2.15. The number of carbonyl (C=O) groups excluding carboxylic acids is 1. The van der Waals surface area contributed by atoms with Gasteiger partial charge < -0.3 is 11.3 Å². The first kappa shape index (κ1) is 14.1. The SMILES string of the molecule is Cc1ccccc1C(C)CCC(CC(N)=O)=[N+]=[N-]. The van der Waals surface area contributed by atoms with Crippen LogP contribution in [0.15, 0.2) is 24.3 Å². The molecular weight excluding hydrogens is 226 g/mol. The molecule has 0 saturated heterocycles. The van der Waals surface area contributed by atoms with E-state index < -0.39 is 5.91 Å². The lowest BCUT2D eigenvalue weighted by Gasteiger charge is -2.13. The molecule has 0 spiro atoms. The zero-order valence-corrected chi connectivity index (χ0v) is 10.9. The second kappa shape index (κ2) is 6.72. The van der Waals surface area contributed by atoms with Crippen molar-refractivity contribution < 1.29 is 9.58 Å². The molecule has 0 aliphatic carbocycles. The maximum Gasteiger partial charge on any atom is 0.278 e. The molecule has 0 aliphatic rings. The quantitative estimate of drug-likeness (QED) is 0.466. The van der Waals surface area contributed by atoms with E-state index in [2.05, 4.69) is 30.8 Å². The zero-order valence-electron chi connectivity index (χ0n) is 10.9. The third kappa shape index (κ3) is 4.15. The summed E-state index contributed by atoms with van der Waals surface area (Å²) in [5.74, 6) is -0.109. The number of rotatable bonds is 6. The van der Waals surface area contributed by atoms with Crippen LogP contribution in [0.3, 0.4) is 0 Å². The monoisotopic (exact) mass is 245 g/mol. The van der Waals surface area contributed by atoms with Gasteiger partial charge in [0.15, 0.2) is 0 Å². The minimum absolute atomic E-state index is 0.0248. The van der Waals surface area contributed by atoms with Gasteiger partial charge in [-0.1, -0.05) is 31.2 Å². The number of nitrogens with zero attached hydrogens (tertiary/aromatic N) is 2. The molecule has 0 bridgehead atoms. The van der Waals surface area contributed by atoms with Gasteiger partial charge >= 0.3 is 0 Å². The fourth-order valence-electron chi connectivity index (χ4n) is 2.05. The maximum absolute atomic E-state index is 10.8. The average Bonchev–Trinajstić information content (AvgIpc) is 2.34. The van der Waals surface area contributed by atoms with E-state index in [1.807, 2.05) is 12.1 Å². The molecule has 2 N–H and O–H groups in total. The molecule has 4 nitrogen and oxygen atoms in total. The van der Waals surface area contributed by atoms with Gasteiger partial charge in [-0.3, -0.25) is 4.79 Å². The Kier molecular flexibility index (Phi) is 5.28. The maximum atomic E-state index is 10.8. The molecule has 0 aromatic heterocycles. The van der Waals surface area contributed by atoms with Crippen molar-refractivity contribution >= 4 is 11.6 Å². The molecule has 1 amide bonds. The van der Waals surface area contributed by atoms with E-state index in [1.165, 1.54) is 11.1 Å². The van der Waals surface area contributed by atoms with Crippen LogP contribution < -0.4 is 5.73 Å². The molecule has 96 valence electrons. The van der Waals surface area contributed by atoms with E-state index in [1.54, 1.807) is 0 Å². The summed E-state index contributed by atoms with van der Waals surface area (Å²) in [7, 11) is 0. The van der Waals surface area contributed by atoms with E-state index >= 15 is 0 Å². The van der Waals surface area contributed by atoms with Gasteiger partial charge in [0.2, 0.25) is 5.91 Å². The van der Waals surface area contributed by atoms with Crippen LogP contribution in [0.5, 0.6) is 0 Å². The predicted molar refractivity (Wildman–Crippen MR) is 71.3 cm³/mol. The van der Waals surface area contributed by atoms with Crippen LogP contribution in [-0.2, 0) is 4.79 Å². The van der Waals surface area contributed by atoms with Crippen LogP contribution in [0.1, 0.15) is 43.2 Å². The number of amides is 1. The predicted octanol–water partition coefficient (Wildman–Crippen LogP) is 2.42. The second-order valence-corrected chi connectivity index (χ2v) is 4.61. The largest absolute Gasteiger partial charge is 0.369 e. The normalized spacial score (nSPS) is 11.7. The van der Waals surface area contributed by atoms with Gasteiger partial charge in [-0.25, -0.2) is 0 Å². The lowest BCUT2D eigenvalue weighted by molar-refractivity contribution is -0.117. The van der Waals surface area contributed by atoms with Gasteiger partial charge in [-0.05, 0) is 30.4 Å². The van der Waals surface area contributed by atoms with Crippen molar-refractivity contribution in [2.45, 2.75) is 39.0 Å². The van der Waals surface area contributed by atoms with Gasteiger partial charge in [-0.2, -0.15) is 4.79 Å². The summed E-state index contributed by atoms with van der Waals surface area (Å²) in [5, 5.41) is 0. The summed E-state index contributed by atoms with van der Waals surface area (Å²) in [6.45, 7) is 4.21. The van der Waals surface area contributed by atoms with Crippen molar-refractivity contribution in [1.29, 1.82) is 0 Å². The first-order valence-electron chi connectivity index (χ1n) is 6.08. The summed E-state index contributed by atoms with van der Waals surface area (Å²) < 4.78 is 0. The van der Waals surface area contributed by atoms with Gasteiger partial charge in [0, 0.05) is 6.42 Å². The Hall–Kier alpha value is -1.93.